The van der Waals surface area contributed by atoms with Crippen LogP contribution in [0.3, 0.4) is 0 Å². The van der Waals surface area contributed by atoms with E-state index >= 15 is 0 Å². The minimum atomic E-state index is 1.11. The van der Waals surface area contributed by atoms with Gasteiger partial charge in [-0.25, -0.2) is 0 Å². The largest absolute Gasteiger partial charge is 0.253 e. The normalized spacial score (nSPS) is 15.4. The highest BCUT2D eigenvalue weighted by Gasteiger charge is 1.93. The Labute approximate surface area is 72.5 Å². The highest BCUT2D eigenvalue weighted by Crippen LogP contribution is 1.98. The molecule has 0 N–H and O–H groups in total. The summed E-state index contributed by atoms with van der Waals surface area (Å²) >= 11 is 0. The summed E-state index contributed by atoms with van der Waals surface area (Å²) in [6, 6.07) is 4.24. The van der Waals surface area contributed by atoms with Crippen molar-refractivity contribution in [3.05, 3.63) is 28.4 Å². The number of aryl methyl sites for hydroxylation is 1. The molecule has 62 valence electrons. The number of nitrogens with zero attached hydrogens (tertiary/aromatic N) is 1. The molecule has 0 atom stereocenters. The van der Waals surface area contributed by atoms with Gasteiger partial charge in [-0.05, 0) is 37.5 Å². The summed E-state index contributed by atoms with van der Waals surface area (Å²) in [7, 11) is 0. The molecule has 12 heavy (non-hydrogen) atoms. The van der Waals surface area contributed by atoms with E-state index in [2.05, 4.69) is 29.3 Å². The first-order valence-corrected chi connectivity index (χ1v) is 4.50. The molecule has 1 aromatic heterocycles. The van der Waals surface area contributed by atoms with Crippen LogP contribution >= 0.6 is 0 Å². The summed E-state index contributed by atoms with van der Waals surface area (Å²) in [5.74, 6) is 0. The third-order valence-electron chi connectivity index (χ3n) is 2.21. The number of pyridine rings is 1. The molecule has 0 unspecified atom stereocenters. The zero-order valence-corrected chi connectivity index (χ0v) is 7.38. The molecule has 1 nitrogen and oxygen atoms in total. The molecule has 1 aliphatic carbocycles. The average molecular weight is 159 g/mol. The van der Waals surface area contributed by atoms with Crippen LogP contribution in [0.4, 0.5) is 0 Å². The van der Waals surface area contributed by atoms with Gasteiger partial charge in [-0.2, -0.15) is 0 Å². The number of fused-ring (bicyclic) bond motifs is 1. The van der Waals surface area contributed by atoms with Crippen LogP contribution in [0.5, 0.6) is 0 Å². The fourth-order valence-electron chi connectivity index (χ4n) is 1.54. The van der Waals surface area contributed by atoms with Crippen LogP contribution in [-0.4, -0.2) is 4.98 Å². The van der Waals surface area contributed by atoms with Gasteiger partial charge in [0.25, 0.3) is 0 Å². The Balaban J connectivity index is 2.72. The van der Waals surface area contributed by atoms with Crippen molar-refractivity contribution in [3.63, 3.8) is 0 Å². The van der Waals surface area contributed by atoms with Gasteiger partial charge in [-0.15, -0.1) is 0 Å². The van der Waals surface area contributed by atoms with E-state index in [0.717, 1.165) is 5.69 Å². The zero-order valence-electron chi connectivity index (χ0n) is 7.38. The summed E-state index contributed by atoms with van der Waals surface area (Å²) in [4.78, 5) is 4.49. The van der Waals surface area contributed by atoms with E-state index in [0.29, 0.717) is 0 Å². The molecule has 0 saturated carbocycles. The highest BCUT2D eigenvalue weighted by molar-refractivity contribution is 5.32. The van der Waals surface area contributed by atoms with Crippen molar-refractivity contribution >= 4 is 12.2 Å². The first-order chi connectivity index (χ1) is 5.86. The van der Waals surface area contributed by atoms with Gasteiger partial charge in [0.15, 0.2) is 0 Å². The van der Waals surface area contributed by atoms with E-state index in [1.54, 1.807) is 0 Å². The topological polar surface area (TPSA) is 12.9 Å². The predicted octanol–water partition coefficient (Wildman–Crippen LogP) is 1.13. The Morgan fingerprint density at radius 3 is 2.92 bits per heavy atom. The minimum absolute atomic E-state index is 1.11. The van der Waals surface area contributed by atoms with Crippen LogP contribution in [0.1, 0.15) is 25.0 Å². The van der Waals surface area contributed by atoms with Gasteiger partial charge in [-0.3, -0.25) is 4.98 Å². The third-order valence-corrected chi connectivity index (χ3v) is 2.21. The van der Waals surface area contributed by atoms with Gasteiger partial charge in [0.2, 0.25) is 0 Å². The van der Waals surface area contributed by atoms with Crippen molar-refractivity contribution in [2.24, 2.45) is 0 Å². The van der Waals surface area contributed by atoms with Crippen molar-refractivity contribution in [3.8, 4) is 0 Å². The van der Waals surface area contributed by atoms with E-state index in [-0.39, 0.29) is 0 Å². The molecule has 1 aromatic rings. The number of rotatable bonds is 0. The molecule has 1 heterocycles. The molecule has 0 aromatic carbocycles. The maximum absolute atomic E-state index is 4.49. The summed E-state index contributed by atoms with van der Waals surface area (Å²) in [6.45, 7) is 2.04. The smallest absolute Gasteiger partial charge is 0.0662 e. The highest BCUT2D eigenvalue weighted by atomic mass is 14.7. The molecule has 0 amide bonds. The number of hydrogen-bond donors (Lipinski definition) is 0. The Bertz CT molecular complexity index is 390. The Hall–Kier alpha value is -1.11. The van der Waals surface area contributed by atoms with Gasteiger partial charge in [0.1, 0.15) is 0 Å². The van der Waals surface area contributed by atoms with Gasteiger partial charge in [0.05, 0.1) is 5.35 Å². The standard InChI is InChI=1S/C11H13N/c1-9-7-8-10-5-3-2-4-6-11(10)12-9/h5-8H,2-4H2,1H3. The van der Waals surface area contributed by atoms with E-state index in [1.165, 1.54) is 29.8 Å². The third kappa shape index (κ3) is 1.40. The van der Waals surface area contributed by atoms with Crippen LogP contribution < -0.4 is 10.6 Å². The van der Waals surface area contributed by atoms with Crippen molar-refractivity contribution in [2.75, 3.05) is 0 Å². The maximum Gasteiger partial charge on any atom is 0.0662 e. The van der Waals surface area contributed by atoms with Gasteiger partial charge in [-0.1, -0.05) is 18.2 Å². The molecule has 2 rings (SSSR count). The van der Waals surface area contributed by atoms with E-state index < -0.39 is 0 Å². The maximum atomic E-state index is 4.49. The number of hydrogen-bond acceptors (Lipinski definition) is 1. The molecule has 1 aliphatic rings. The van der Waals surface area contributed by atoms with E-state index in [4.69, 9.17) is 0 Å². The second-order valence-electron chi connectivity index (χ2n) is 3.27. The summed E-state index contributed by atoms with van der Waals surface area (Å²) in [6.07, 6.45) is 8.14. The summed E-state index contributed by atoms with van der Waals surface area (Å²) in [5, 5.41) is 2.48. The lowest BCUT2D eigenvalue weighted by atomic mass is 10.2. The molecule has 0 aliphatic heterocycles. The second-order valence-corrected chi connectivity index (χ2v) is 3.27. The Kier molecular flexibility index (Phi) is 1.94. The molecule has 0 saturated heterocycles. The summed E-state index contributed by atoms with van der Waals surface area (Å²) in [5.41, 5.74) is 1.11. The van der Waals surface area contributed by atoms with E-state index in [1.807, 2.05) is 6.92 Å². The fourth-order valence-corrected chi connectivity index (χ4v) is 1.54. The number of aromatic nitrogens is 1. The molecule has 0 fully saturated rings. The Morgan fingerprint density at radius 1 is 1.17 bits per heavy atom. The van der Waals surface area contributed by atoms with Crippen molar-refractivity contribution < 1.29 is 0 Å². The lowest BCUT2D eigenvalue weighted by molar-refractivity contribution is 0.923. The first kappa shape index (κ1) is 7.53. The van der Waals surface area contributed by atoms with Crippen molar-refractivity contribution in [1.29, 1.82) is 0 Å². The lowest BCUT2D eigenvalue weighted by Gasteiger charge is -1.91. The quantitative estimate of drug-likeness (QED) is 0.553. The van der Waals surface area contributed by atoms with Crippen molar-refractivity contribution in [2.45, 2.75) is 26.2 Å². The predicted molar refractivity (Wildman–Crippen MR) is 51.0 cm³/mol. The monoisotopic (exact) mass is 159 g/mol. The lowest BCUT2D eigenvalue weighted by Crippen LogP contribution is -2.27. The molecule has 0 bridgehead atoms. The molecular formula is C11H13N. The fraction of sp³-hybridized carbons (Fsp3) is 0.364. The second kappa shape index (κ2) is 3.10. The molecule has 0 radical (unpaired) electrons. The molecule has 0 spiro atoms. The summed E-state index contributed by atoms with van der Waals surface area (Å²) < 4.78 is 0. The molecule has 1 heteroatoms. The van der Waals surface area contributed by atoms with Gasteiger partial charge < -0.3 is 0 Å². The van der Waals surface area contributed by atoms with E-state index in [9.17, 15) is 0 Å². The SMILES string of the molecule is Cc1ccc2c(n1)=CCCCC=2. The zero-order chi connectivity index (χ0) is 8.39. The Morgan fingerprint density at radius 2 is 2.00 bits per heavy atom. The first-order valence-electron chi connectivity index (χ1n) is 4.50. The van der Waals surface area contributed by atoms with Crippen LogP contribution in [0.25, 0.3) is 12.2 Å². The van der Waals surface area contributed by atoms with Crippen LogP contribution in [0.2, 0.25) is 0 Å². The minimum Gasteiger partial charge on any atom is -0.253 e. The molecular weight excluding hydrogens is 146 g/mol. The van der Waals surface area contributed by atoms with Crippen LogP contribution in [-0.2, 0) is 0 Å². The van der Waals surface area contributed by atoms with Gasteiger partial charge in [0, 0.05) is 5.69 Å². The van der Waals surface area contributed by atoms with Crippen LogP contribution in [0, 0.1) is 6.92 Å². The van der Waals surface area contributed by atoms with Gasteiger partial charge >= 0.3 is 0 Å². The van der Waals surface area contributed by atoms with Crippen molar-refractivity contribution in [1.82, 2.24) is 4.98 Å². The average Bonchev–Trinajstić information content (AvgIpc) is 2.28. The van der Waals surface area contributed by atoms with Crippen LogP contribution in [0.15, 0.2) is 12.1 Å².